The minimum absolute atomic E-state index is 0.0646. The Morgan fingerprint density at radius 3 is 1.00 bits per heavy atom. The van der Waals surface area contributed by atoms with Gasteiger partial charge in [-0.25, -0.2) is 4.79 Å². The maximum atomic E-state index is 10.8. The van der Waals surface area contributed by atoms with Crippen LogP contribution < -0.4 is 5.32 Å². The van der Waals surface area contributed by atoms with Crippen molar-refractivity contribution in [1.82, 2.24) is 5.32 Å². The zero-order valence-electron chi connectivity index (χ0n) is 20.9. The smallest absolute Gasteiger partial charge is 0.331 e. The summed E-state index contributed by atoms with van der Waals surface area (Å²) in [6.07, 6.45) is 0. The predicted molar refractivity (Wildman–Crippen MR) is 123 cm³/mol. The highest BCUT2D eigenvalue weighted by atomic mass is 16.6. The van der Waals surface area contributed by atoms with Gasteiger partial charge in [0.1, 0.15) is 6.61 Å². The van der Waals surface area contributed by atoms with Gasteiger partial charge in [0.05, 0.1) is 119 Å². The molecule has 0 saturated heterocycles. The molecule has 0 aromatic carbocycles. The molecule has 0 amide bonds. The molecule has 0 unspecified atom stereocenters. The van der Waals surface area contributed by atoms with E-state index in [0.717, 1.165) is 6.54 Å². The van der Waals surface area contributed by atoms with Gasteiger partial charge in [-0.2, -0.15) is 0 Å². The van der Waals surface area contributed by atoms with Gasteiger partial charge in [0.25, 0.3) is 0 Å². The Hall–Kier alpha value is -0.930. The van der Waals surface area contributed by atoms with E-state index in [4.69, 9.17) is 42.6 Å². The molecule has 0 radical (unpaired) electrons. The lowest BCUT2D eigenvalue weighted by Gasteiger charge is -2.08. The fourth-order valence-electron chi connectivity index (χ4n) is 2.15. The van der Waals surface area contributed by atoms with E-state index in [1.165, 1.54) is 7.11 Å². The first-order valence-electron chi connectivity index (χ1n) is 11.7. The summed E-state index contributed by atoms with van der Waals surface area (Å²) >= 11 is 0. The van der Waals surface area contributed by atoms with E-state index in [0.29, 0.717) is 112 Å². The SMILES string of the molecule is CNCCOCCOCCOCCOCCOCCOCCOCCOCCOCC(=O)OC. The molecule has 0 heterocycles. The second kappa shape index (κ2) is 30.1. The molecule has 0 saturated carbocycles. The quantitative estimate of drug-likeness (QED) is 0.106. The third-order valence-electron chi connectivity index (χ3n) is 3.92. The van der Waals surface area contributed by atoms with E-state index in [2.05, 4.69) is 10.1 Å². The van der Waals surface area contributed by atoms with Crippen LogP contribution in [0.2, 0.25) is 0 Å². The van der Waals surface area contributed by atoms with E-state index < -0.39 is 5.97 Å². The molecule has 0 rings (SSSR count). The van der Waals surface area contributed by atoms with Gasteiger partial charge < -0.3 is 52.7 Å². The first-order valence-corrected chi connectivity index (χ1v) is 11.7. The van der Waals surface area contributed by atoms with Gasteiger partial charge in [0.2, 0.25) is 0 Å². The molecule has 0 bridgehead atoms. The number of rotatable bonds is 29. The average Bonchev–Trinajstić information content (AvgIpc) is 2.85. The van der Waals surface area contributed by atoms with Crippen molar-refractivity contribution in [3.05, 3.63) is 0 Å². The summed E-state index contributed by atoms with van der Waals surface area (Å²) in [4.78, 5) is 10.8. The molecule has 0 aromatic rings. The summed E-state index contributed by atoms with van der Waals surface area (Å²) in [6.45, 7) is 9.44. The van der Waals surface area contributed by atoms with E-state index >= 15 is 0 Å². The molecule has 0 spiro atoms. The third-order valence-corrected chi connectivity index (χ3v) is 3.92. The fraction of sp³-hybridized carbons (Fsp3) is 0.955. The van der Waals surface area contributed by atoms with Gasteiger partial charge in [-0.15, -0.1) is 0 Å². The van der Waals surface area contributed by atoms with Crippen LogP contribution in [0.1, 0.15) is 0 Å². The van der Waals surface area contributed by atoms with Gasteiger partial charge in [0.15, 0.2) is 0 Å². The normalized spacial score (nSPS) is 11.2. The second-order valence-corrected chi connectivity index (χ2v) is 6.63. The Kier molecular flexibility index (Phi) is 29.3. The van der Waals surface area contributed by atoms with Crippen LogP contribution in [0.4, 0.5) is 0 Å². The van der Waals surface area contributed by atoms with Gasteiger partial charge in [-0.05, 0) is 7.05 Å². The van der Waals surface area contributed by atoms with E-state index in [9.17, 15) is 4.79 Å². The molecule has 204 valence electrons. The largest absolute Gasteiger partial charge is 0.467 e. The number of likely N-dealkylation sites (N-methyl/N-ethyl adjacent to an activating group) is 1. The zero-order valence-corrected chi connectivity index (χ0v) is 20.9. The Bertz CT molecular complexity index is 405. The van der Waals surface area contributed by atoms with Crippen LogP contribution in [0.5, 0.6) is 0 Å². The highest BCUT2D eigenvalue weighted by Crippen LogP contribution is 1.86. The van der Waals surface area contributed by atoms with E-state index in [-0.39, 0.29) is 6.61 Å². The average molecular weight is 500 g/mol. The third kappa shape index (κ3) is 29.1. The van der Waals surface area contributed by atoms with Crippen molar-refractivity contribution in [1.29, 1.82) is 0 Å². The van der Waals surface area contributed by atoms with Crippen LogP contribution in [0.3, 0.4) is 0 Å². The number of hydrogen-bond acceptors (Lipinski definition) is 12. The van der Waals surface area contributed by atoms with Crippen molar-refractivity contribution in [2.45, 2.75) is 0 Å². The predicted octanol–water partition coefficient (Wildman–Crippen LogP) is -0.472. The minimum Gasteiger partial charge on any atom is -0.467 e. The lowest BCUT2D eigenvalue weighted by atomic mass is 10.6. The summed E-state index contributed by atoms with van der Waals surface area (Å²) in [6, 6.07) is 0. The van der Waals surface area contributed by atoms with Crippen LogP contribution in [0, 0.1) is 0 Å². The molecule has 12 heteroatoms. The summed E-state index contributed by atoms with van der Waals surface area (Å²) < 4.78 is 52.6. The van der Waals surface area contributed by atoms with Crippen LogP contribution in [0.15, 0.2) is 0 Å². The molecule has 34 heavy (non-hydrogen) atoms. The molecule has 12 nitrogen and oxygen atoms in total. The number of carbonyl (C=O) groups is 1. The lowest BCUT2D eigenvalue weighted by Crippen LogP contribution is -2.17. The van der Waals surface area contributed by atoms with Gasteiger partial charge >= 0.3 is 5.97 Å². The Morgan fingerprint density at radius 1 is 0.471 bits per heavy atom. The summed E-state index contributed by atoms with van der Waals surface area (Å²) in [5.74, 6) is -0.404. The molecule has 0 aliphatic heterocycles. The maximum absolute atomic E-state index is 10.8. The molecule has 0 fully saturated rings. The molecule has 0 aliphatic carbocycles. The summed E-state index contributed by atoms with van der Waals surface area (Å²) in [5, 5.41) is 3.01. The minimum atomic E-state index is -0.404. The molecule has 0 aliphatic rings. The highest BCUT2D eigenvalue weighted by Gasteiger charge is 1.99. The standard InChI is InChI=1S/C22H45NO11/c1-23-3-4-26-5-6-27-7-8-28-9-10-29-11-12-30-13-14-31-15-16-32-17-18-33-19-20-34-21-22(24)25-2/h23H,3-21H2,1-2H3. The molecule has 0 atom stereocenters. The molecule has 1 N–H and O–H groups in total. The fourth-order valence-corrected chi connectivity index (χ4v) is 2.15. The first-order chi connectivity index (χ1) is 16.8. The van der Waals surface area contributed by atoms with Crippen molar-refractivity contribution in [2.75, 3.05) is 140 Å². The number of esters is 1. The van der Waals surface area contributed by atoms with Crippen molar-refractivity contribution < 1.29 is 52.2 Å². The Morgan fingerprint density at radius 2 is 0.735 bits per heavy atom. The van der Waals surface area contributed by atoms with E-state index in [1.807, 2.05) is 7.05 Å². The van der Waals surface area contributed by atoms with Gasteiger partial charge in [-0.3, -0.25) is 0 Å². The topological polar surface area (TPSA) is 121 Å². The zero-order chi connectivity index (χ0) is 24.8. The number of methoxy groups -OCH3 is 1. The van der Waals surface area contributed by atoms with Crippen molar-refractivity contribution in [3.63, 3.8) is 0 Å². The number of ether oxygens (including phenoxy) is 10. The van der Waals surface area contributed by atoms with Crippen LogP contribution in [-0.4, -0.2) is 146 Å². The van der Waals surface area contributed by atoms with Crippen LogP contribution in [-0.2, 0) is 52.2 Å². The number of hydrogen-bond donors (Lipinski definition) is 1. The highest BCUT2D eigenvalue weighted by molar-refractivity contribution is 5.70. The second-order valence-electron chi connectivity index (χ2n) is 6.63. The van der Waals surface area contributed by atoms with Crippen molar-refractivity contribution >= 4 is 5.97 Å². The van der Waals surface area contributed by atoms with Crippen molar-refractivity contribution in [3.8, 4) is 0 Å². The molecule has 0 aromatic heterocycles. The Balaban J connectivity index is 3.02. The maximum Gasteiger partial charge on any atom is 0.331 e. The Labute approximate surface area is 203 Å². The van der Waals surface area contributed by atoms with E-state index in [1.54, 1.807) is 0 Å². The monoisotopic (exact) mass is 499 g/mol. The summed E-state index contributed by atoms with van der Waals surface area (Å²) in [7, 11) is 3.21. The summed E-state index contributed by atoms with van der Waals surface area (Å²) in [5.41, 5.74) is 0. The lowest BCUT2D eigenvalue weighted by molar-refractivity contribution is -0.146. The number of nitrogens with one attached hydrogen (secondary N) is 1. The van der Waals surface area contributed by atoms with Crippen LogP contribution >= 0.6 is 0 Å². The molecular weight excluding hydrogens is 454 g/mol. The first kappa shape index (κ1) is 33.1. The van der Waals surface area contributed by atoms with Crippen LogP contribution in [0.25, 0.3) is 0 Å². The van der Waals surface area contributed by atoms with Crippen molar-refractivity contribution in [2.24, 2.45) is 0 Å². The van der Waals surface area contributed by atoms with Gasteiger partial charge in [0, 0.05) is 6.54 Å². The number of carbonyl (C=O) groups excluding carboxylic acids is 1. The van der Waals surface area contributed by atoms with Gasteiger partial charge in [-0.1, -0.05) is 0 Å². The molecular formula is C22H45NO11.